The van der Waals surface area contributed by atoms with Crippen LogP contribution >= 0.6 is 11.6 Å². The van der Waals surface area contributed by atoms with Crippen LogP contribution in [0.4, 0.5) is 5.69 Å². The van der Waals surface area contributed by atoms with E-state index in [9.17, 15) is 0 Å². The van der Waals surface area contributed by atoms with Crippen LogP contribution in [0.25, 0.3) is 10.9 Å². The van der Waals surface area contributed by atoms with Gasteiger partial charge in [0.25, 0.3) is 0 Å². The molecule has 2 N–H and O–H groups in total. The summed E-state index contributed by atoms with van der Waals surface area (Å²) in [5.41, 5.74) is 3.53. The Balaban J connectivity index is 1.40. The SMILES string of the molecule is CN(C)CC1=CC=CC1CNCCCNc1ccnc2cc(Cl)ccc12. The van der Waals surface area contributed by atoms with Crippen LogP contribution in [0.5, 0.6) is 0 Å². The molecule has 0 saturated carbocycles. The monoisotopic (exact) mass is 370 g/mol. The Kier molecular flexibility index (Phi) is 6.67. The maximum atomic E-state index is 6.04. The molecule has 5 heteroatoms. The van der Waals surface area contributed by atoms with Gasteiger partial charge in [-0.25, -0.2) is 0 Å². The highest BCUT2D eigenvalue weighted by Gasteiger charge is 2.14. The summed E-state index contributed by atoms with van der Waals surface area (Å²) in [5, 5.41) is 8.92. The number of allylic oxidation sites excluding steroid dienone is 2. The number of hydrogen-bond donors (Lipinski definition) is 2. The maximum absolute atomic E-state index is 6.04. The van der Waals surface area contributed by atoms with Crippen LogP contribution in [0.3, 0.4) is 0 Å². The van der Waals surface area contributed by atoms with Gasteiger partial charge in [0.2, 0.25) is 0 Å². The molecule has 0 spiro atoms. The van der Waals surface area contributed by atoms with Crippen LogP contribution in [0, 0.1) is 5.92 Å². The van der Waals surface area contributed by atoms with Gasteiger partial charge in [0, 0.05) is 47.8 Å². The Morgan fingerprint density at radius 3 is 2.92 bits per heavy atom. The van der Waals surface area contributed by atoms with E-state index < -0.39 is 0 Å². The number of hydrogen-bond acceptors (Lipinski definition) is 4. The first kappa shape index (κ1) is 18.9. The summed E-state index contributed by atoms with van der Waals surface area (Å²) < 4.78 is 0. The smallest absolute Gasteiger partial charge is 0.0737 e. The second kappa shape index (κ2) is 9.17. The third kappa shape index (κ3) is 5.07. The van der Waals surface area contributed by atoms with Gasteiger partial charge in [-0.1, -0.05) is 29.8 Å². The number of benzene rings is 1. The molecule has 0 fully saturated rings. The molecule has 1 aromatic heterocycles. The number of anilines is 1. The van der Waals surface area contributed by atoms with Crippen molar-refractivity contribution < 1.29 is 0 Å². The predicted molar refractivity (Wildman–Crippen MR) is 112 cm³/mol. The van der Waals surface area contributed by atoms with Gasteiger partial charge >= 0.3 is 0 Å². The number of nitrogens with one attached hydrogen (secondary N) is 2. The van der Waals surface area contributed by atoms with Crippen molar-refractivity contribution in [3.05, 3.63) is 59.3 Å². The number of aromatic nitrogens is 1. The van der Waals surface area contributed by atoms with Crippen LogP contribution < -0.4 is 10.6 Å². The first-order valence-corrected chi connectivity index (χ1v) is 9.52. The van der Waals surface area contributed by atoms with Gasteiger partial charge in [-0.2, -0.15) is 0 Å². The van der Waals surface area contributed by atoms with Crippen LogP contribution in [0.1, 0.15) is 6.42 Å². The lowest BCUT2D eigenvalue weighted by molar-refractivity contribution is 0.427. The average molecular weight is 371 g/mol. The Labute approximate surface area is 160 Å². The zero-order chi connectivity index (χ0) is 18.4. The van der Waals surface area contributed by atoms with Gasteiger partial charge in [-0.15, -0.1) is 0 Å². The average Bonchev–Trinajstić information content (AvgIpc) is 3.04. The fourth-order valence-corrected chi connectivity index (χ4v) is 3.43. The molecule has 3 rings (SSSR count). The molecule has 0 amide bonds. The summed E-state index contributed by atoms with van der Waals surface area (Å²) in [4.78, 5) is 6.60. The highest BCUT2D eigenvalue weighted by molar-refractivity contribution is 6.31. The molecular weight excluding hydrogens is 344 g/mol. The second-order valence-electron chi connectivity index (χ2n) is 6.98. The lowest BCUT2D eigenvalue weighted by Gasteiger charge is -2.18. The summed E-state index contributed by atoms with van der Waals surface area (Å²) in [5.74, 6) is 0.527. The Morgan fingerprint density at radius 1 is 1.19 bits per heavy atom. The topological polar surface area (TPSA) is 40.2 Å². The van der Waals surface area contributed by atoms with Crippen LogP contribution in [-0.2, 0) is 0 Å². The first-order valence-electron chi connectivity index (χ1n) is 9.14. The molecule has 1 aliphatic rings. The summed E-state index contributed by atoms with van der Waals surface area (Å²) in [6, 6.07) is 7.85. The van der Waals surface area contributed by atoms with Crippen molar-refractivity contribution in [3.8, 4) is 0 Å². The third-order valence-corrected chi connectivity index (χ3v) is 4.78. The molecule has 1 aromatic carbocycles. The van der Waals surface area contributed by atoms with Crippen molar-refractivity contribution in [2.45, 2.75) is 6.42 Å². The first-order chi connectivity index (χ1) is 12.6. The molecule has 1 unspecified atom stereocenters. The highest BCUT2D eigenvalue weighted by atomic mass is 35.5. The molecule has 0 saturated heterocycles. The molecular formula is C21H27ClN4. The third-order valence-electron chi connectivity index (χ3n) is 4.54. The van der Waals surface area contributed by atoms with E-state index in [1.54, 1.807) is 0 Å². The second-order valence-corrected chi connectivity index (χ2v) is 7.41. The summed E-state index contributed by atoms with van der Waals surface area (Å²) in [6.45, 7) is 3.96. The number of pyridine rings is 1. The van der Waals surface area contributed by atoms with Gasteiger partial charge in [0.15, 0.2) is 0 Å². The minimum atomic E-state index is 0.527. The van der Waals surface area contributed by atoms with Crippen molar-refractivity contribution in [1.82, 2.24) is 15.2 Å². The minimum absolute atomic E-state index is 0.527. The number of fused-ring (bicyclic) bond motifs is 1. The summed E-state index contributed by atoms with van der Waals surface area (Å²) in [6.07, 6.45) is 9.60. The molecule has 2 aromatic rings. The zero-order valence-corrected chi connectivity index (χ0v) is 16.3. The molecule has 1 aliphatic carbocycles. The van der Waals surface area contributed by atoms with E-state index in [1.165, 1.54) is 5.57 Å². The van der Waals surface area contributed by atoms with E-state index in [4.69, 9.17) is 11.6 Å². The highest BCUT2D eigenvalue weighted by Crippen LogP contribution is 2.24. The quantitative estimate of drug-likeness (QED) is 0.655. The van der Waals surface area contributed by atoms with Gasteiger partial charge in [0.05, 0.1) is 5.52 Å². The van der Waals surface area contributed by atoms with Crippen molar-refractivity contribution in [1.29, 1.82) is 0 Å². The molecule has 0 aliphatic heterocycles. The van der Waals surface area contributed by atoms with Crippen LogP contribution in [0.2, 0.25) is 5.02 Å². The zero-order valence-electron chi connectivity index (χ0n) is 15.5. The van der Waals surface area contributed by atoms with E-state index in [2.05, 4.69) is 52.8 Å². The number of likely N-dealkylation sites (N-methyl/N-ethyl adjacent to an activating group) is 1. The number of nitrogens with zero attached hydrogens (tertiary/aromatic N) is 2. The fraction of sp³-hybridized carbons (Fsp3) is 0.381. The normalized spacial score (nSPS) is 16.5. The maximum Gasteiger partial charge on any atom is 0.0737 e. The fourth-order valence-electron chi connectivity index (χ4n) is 3.26. The number of rotatable bonds is 9. The van der Waals surface area contributed by atoms with E-state index in [1.807, 2.05) is 30.5 Å². The van der Waals surface area contributed by atoms with E-state index >= 15 is 0 Å². The molecule has 4 nitrogen and oxygen atoms in total. The lowest BCUT2D eigenvalue weighted by atomic mass is 10.0. The van der Waals surface area contributed by atoms with Crippen molar-refractivity contribution in [3.63, 3.8) is 0 Å². The van der Waals surface area contributed by atoms with E-state index in [0.29, 0.717) is 5.92 Å². The molecule has 26 heavy (non-hydrogen) atoms. The molecule has 0 bridgehead atoms. The van der Waals surface area contributed by atoms with Crippen LogP contribution in [-0.4, -0.2) is 50.2 Å². The minimum Gasteiger partial charge on any atom is -0.384 e. The van der Waals surface area contributed by atoms with Gasteiger partial charge in [-0.3, -0.25) is 4.98 Å². The Morgan fingerprint density at radius 2 is 2.08 bits per heavy atom. The predicted octanol–water partition coefficient (Wildman–Crippen LogP) is 3.95. The number of halogens is 1. The van der Waals surface area contributed by atoms with Gasteiger partial charge in [-0.05, 0) is 56.9 Å². The van der Waals surface area contributed by atoms with Gasteiger partial charge in [0.1, 0.15) is 0 Å². The Hall–Kier alpha value is -1.88. The van der Waals surface area contributed by atoms with Crippen molar-refractivity contribution in [2.75, 3.05) is 45.6 Å². The molecule has 1 atom stereocenters. The Bertz CT molecular complexity index is 798. The molecule has 1 heterocycles. The van der Waals surface area contributed by atoms with E-state index in [0.717, 1.165) is 54.2 Å². The summed E-state index contributed by atoms with van der Waals surface area (Å²) >= 11 is 6.04. The standard InChI is InChI=1S/C21H27ClN4/c1-26(2)15-17-6-3-5-16(17)14-23-10-4-11-24-20-9-12-25-21-13-18(22)7-8-19(20)21/h3,5-9,12-13,16,23H,4,10-11,14-15H2,1-2H3,(H,24,25). The van der Waals surface area contributed by atoms with Crippen molar-refractivity contribution >= 4 is 28.2 Å². The summed E-state index contributed by atoms with van der Waals surface area (Å²) in [7, 11) is 4.23. The molecule has 0 radical (unpaired) electrons. The van der Waals surface area contributed by atoms with Gasteiger partial charge < -0.3 is 15.5 Å². The largest absolute Gasteiger partial charge is 0.384 e. The lowest BCUT2D eigenvalue weighted by Crippen LogP contribution is -2.27. The van der Waals surface area contributed by atoms with E-state index in [-0.39, 0.29) is 0 Å². The van der Waals surface area contributed by atoms with Crippen LogP contribution in [0.15, 0.2) is 54.3 Å². The van der Waals surface area contributed by atoms with Crippen molar-refractivity contribution in [2.24, 2.45) is 5.92 Å². The molecule has 138 valence electrons.